The number of fused-ring (bicyclic) bond motifs is 1. The quantitative estimate of drug-likeness (QED) is 0.374. The van der Waals surface area contributed by atoms with Crippen LogP contribution in [0.25, 0.3) is 0 Å². The highest BCUT2D eigenvalue weighted by Gasteiger charge is 2.39. The van der Waals surface area contributed by atoms with Crippen LogP contribution in [0.1, 0.15) is 45.5 Å². The minimum absolute atomic E-state index is 0.0370. The van der Waals surface area contributed by atoms with Crippen molar-refractivity contribution < 1.29 is 23.9 Å². The van der Waals surface area contributed by atoms with Crippen molar-refractivity contribution in [1.29, 1.82) is 0 Å². The highest BCUT2D eigenvalue weighted by molar-refractivity contribution is 6.36. The van der Waals surface area contributed by atoms with Gasteiger partial charge in [0.05, 0.1) is 21.3 Å². The van der Waals surface area contributed by atoms with Crippen LogP contribution in [-0.4, -0.2) is 29.4 Å². The maximum atomic E-state index is 13.7. The molecule has 0 saturated heterocycles. The third-order valence-electron chi connectivity index (χ3n) is 7.19. The second-order valence-corrected chi connectivity index (χ2v) is 10.4. The number of amides is 2. The lowest BCUT2D eigenvalue weighted by atomic mass is 9.79. The van der Waals surface area contributed by atoms with Gasteiger partial charge in [0.25, 0.3) is 11.8 Å². The predicted octanol–water partition coefficient (Wildman–Crippen LogP) is 6.77. The molecule has 1 spiro atoms. The van der Waals surface area contributed by atoms with Crippen molar-refractivity contribution in [3.05, 3.63) is 105 Å². The number of benzene rings is 3. The van der Waals surface area contributed by atoms with Gasteiger partial charge in [-0.2, -0.15) is 0 Å². The Morgan fingerprint density at radius 2 is 1.76 bits per heavy atom. The van der Waals surface area contributed by atoms with E-state index in [0.717, 1.165) is 29.8 Å². The molecule has 1 aliphatic carbocycles. The summed E-state index contributed by atoms with van der Waals surface area (Å²) in [5.74, 6) is -2.39. The Morgan fingerprint density at radius 1 is 0.974 bits per heavy atom. The smallest absolute Gasteiger partial charge is 0.331 e. The van der Waals surface area contributed by atoms with Crippen LogP contribution in [0, 0.1) is 11.2 Å². The van der Waals surface area contributed by atoms with E-state index in [1.807, 2.05) is 30.3 Å². The second kappa shape index (κ2) is 10.2. The lowest BCUT2D eigenvalue weighted by molar-refractivity contribution is -0.132. The Bertz CT molecular complexity index is 1510. The number of halogens is 3. The van der Waals surface area contributed by atoms with Crippen LogP contribution in [0.15, 0.2) is 72.3 Å². The molecular formula is C29H23Cl2FN2O4. The van der Waals surface area contributed by atoms with Crippen LogP contribution in [0.2, 0.25) is 10.0 Å². The van der Waals surface area contributed by atoms with E-state index < -0.39 is 17.7 Å². The predicted molar refractivity (Wildman–Crippen MR) is 145 cm³/mol. The fourth-order valence-electron chi connectivity index (χ4n) is 5.23. The SMILES string of the molecule is O=C(O)C1=C[C@@]2(CC1)CCN(C(=O)c1ccc(NC(=O)c3cc(F)ccc3Cl)c(Cl)c1)c1ccccc1C2. The molecule has 194 valence electrons. The minimum atomic E-state index is -0.895. The molecule has 2 amide bonds. The van der Waals surface area contributed by atoms with Crippen LogP contribution in [-0.2, 0) is 11.2 Å². The molecule has 0 fully saturated rings. The molecule has 3 aromatic carbocycles. The van der Waals surface area contributed by atoms with E-state index in [1.54, 1.807) is 11.0 Å². The van der Waals surface area contributed by atoms with Crippen molar-refractivity contribution in [1.82, 2.24) is 0 Å². The highest BCUT2D eigenvalue weighted by atomic mass is 35.5. The average molecular weight is 553 g/mol. The molecule has 2 N–H and O–H groups in total. The number of carboxylic acids is 1. The van der Waals surface area contributed by atoms with Crippen LogP contribution in [0.4, 0.5) is 15.8 Å². The van der Waals surface area contributed by atoms with Crippen molar-refractivity contribution in [3.8, 4) is 0 Å². The first-order chi connectivity index (χ1) is 18.2. The Morgan fingerprint density at radius 3 is 2.50 bits per heavy atom. The lowest BCUT2D eigenvalue weighted by Gasteiger charge is -2.26. The van der Waals surface area contributed by atoms with Crippen LogP contribution in [0.5, 0.6) is 0 Å². The number of carbonyl (C=O) groups excluding carboxylic acids is 2. The molecular weight excluding hydrogens is 530 g/mol. The van der Waals surface area contributed by atoms with E-state index >= 15 is 0 Å². The second-order valence-electron chi connectivity index (χ2n) is 9.62. The van der Waals surface area contributed by atoms with E-state index in [4.69, 9.17) is 23.2 Å². The van der Waals surface area contributed by atoms with E-state index in [2.05, 4.69) is 5.32 Å². The number of allylic oxidation sites excluding steroid dienone is 1. The zero-order valence-electron chi connectivity index (χ0n) is 20.1. The number of nitrogens with zero attached hydrogens (tertiary/aromatic N) is 1. The first kappa shape index (κ1) is 25.9. The molecule has 1 aliphatic heterocycles. The maximum absolute atomic E-state index is 13.7. The number of hydrogen-bond donors (Lipinski definition) is 2. The summed E-state index contributed by atoms with van der Waals surface area (Å²) in [6.45, 7) is 0.410. The Balaban J connectivity index is 1.40. The number of anilines is 2. The van der Waals surface area contributed by atoms with Gasteiger partial charge in [-0.15, -0.1) is 0 Å². The summed E-state index contributed by atoms with van der Waals surface area (Å²) >= 11 is 12.5. The summed E-state index contributed by atoms with van der Waals surface area (Å²) in [6, 6.07) is 15.7. The van der Waals surface area contributed by atoms with Crippen molar-refractivity contribution in [2.45, 2.75) is 25.7 Å². The van der Waals surface area contributed by atoms with Gasteiger partial charge in [-0.1, -0.05) is 47.5 Å². The van der Waals surface area contributed by atoms with Crippen molar-refractivity contribution in [3.63, 3.8) is 0 Å². The van der Waals surface area contributed by atoms with E-state index in [-0.39, 0.29) is 32.6 Å². The van der Waals surface area contributed by atoms with Gasteiger partial charge < -0.3 is 15.3 Å². The summed E-state index contributed by atoms with van der Waals surface area (Å²) in [6.07, 6.45) is 4.38. The number of para-hydroxylation sites is 1. The molecule has 2 aliphatic rings. The third-order valence-corrected chi connectivity index (χ3v) is 7.83. The molecule has 1 heterocycles. The van der Waals surface area contributed by atoms with E-state index in [0.29, 0.717) is 36.9 Å². The first-order valence-corrected chi connectivity index (χ1v) is 12.8. The molecule has 3 aromatic rings. The van der Waals surface area contributed by atoms with Crippen LogP contribution in [0.3, 0.4) is 0 Å². The molecule has 0 radical (unpaired) electrons. The fourth-order valence-corrected chi connectivity index (χ4v) is 5.66. The zero-order chi connectivity index (χ0) is 27.0. The monoisotopic (exact) mass is 552 g/mol. The van der Waals surface area contributed by atoms with Gasteiger partial charge in [0.15, 0.2) is 0 Å². The summed E-state index contributed by atoms with van der Waals surface area (Å²) < 4.78 is 13.6. The molecule has 5 rings (SSSR count). The van der Waals surface area contributed by atoms with E-state index in [9.17, 15) is 23.9 Å². The van der Waals surface area contributed by atoms with Gasteiger partial charge >= 0.3 is 5.97 Å². The third kappa shape index (κ3) is 5.04. The minimum Gasteiger partial charge on any atom is -0.478 e. The number of nitrogens with one attached hydrogen (secondary N) is 1. The van der Waals surface area contributed by atoms with Crippen molar-refractivity contribution in [2.75, 3.05) is 16.8 Å². The molecule has 9 heteroatoms. The number of carbonyl (C=O) groups is 3. The first-order valence-electron chi connectivity index (χ1n) is 12.1. The van der Waals surface area contributed by atoms with E-state index in [1.165, 1.54) is 18.2 Å². The molecule has 0 saturated carbocycles. The standard InChI is InChI=1S/C29H23Cl2FN2O4/c30-22-7-6-20(32)14-21(22)26(35)33-24-8-5-17(13-23(24)31)27(36)34-12-11-29(10-9-19(16-29)28(37)38)15-18-3-1-2-4-25(18)34/h1-8,13-14,16H,9-12,15H2,(H,33,35)(H,37,38)/t29-/m0/s1. The van der Waals surface area contributed by atoms with Crippen LogP contribution < -0.4 is 10.2 Å². The van der Waals surface area contributed by atoms with Crippen molar-refractivity contribution >= 4 is 52.4 Å². The molecule has 1 atom stereocenters. The van der Waals surface area contributed by atoms with Crippen molar-refractivity contribution in [2.24, 2.45) is 5.41 Å². The largest absolute Gasteiger partial charge is 0.478 e. The number of carboxylic acid groups (broad SMARTS) is 1. The normalized spacial score (nSPS) is 18.5. The number of hydrogen-bond acceptors (Lipinski definition) is 3. The Kier molecular flexibility index (Phi) is 6.99. The molecule has 0 aromatic heterocycles. The Hall–Kier alpha value is -3.68. The van der Waals surface area contributed by atoms with Gasteiger partial charge in [-0.05, 0) is 79.1 Å². The summed E-state index contributed by atoms with van der Waals surface area (Å²) in [7, 11) is 0. The Labute approximate surface area is 228 Å². The van der Waals surface area contributed by atoms with Gasteiger partial charge in [0.2, 0.25) is 0 Å². The molecule has 0 bridgehead atoms. The average Bonchev–Trinajstić information content (AvgIpc) is 3.24. The topological polar surface area (TPSA) is 86.7 Å². The summed E-state index contributed by atoms with van der Waals surface area (Å²) in [5, 5.41) is 12.3. The van der Waals surface area contributed by atoms with Gasteiger partial charge in [-0.3, -0.25) is 9.59 Å². The van der Waals surface area contributed by atoms with Gasteiger partial charge in [0, 0.05) is 23.4 Å². The van der Waals surface area contributed by atoms with Gasteiger partial charge in [-0.25, -0.2) is 9.18 Å². The molecule has 38 heavy (non-hydrogen) atoms. The highest BCUT2D eigenvalue weighted by Crippen LogP contribution is 2.46. The summed E-state index contributed by atoms with van der Waals surface area (Å²) in [5.41, 5.74) is 2.40. The van der Waals surface area contributed by atoms with Gasteiger partial charge in [0.1, 0.15) is 5.82 Å². The maximum Gasteiger partial charge on any atom is 0.331 e. The number of rotatable bonds is 4. The molecule has 6 nitrogen and oxygen atoms in total. The lowest BCUT2D eigenvalue weighted by Crippen LogP contribution is -2.33. The summed E-state index contributed by atoms with van der Waals surface area (Å²) in [4.78, 5) is 39.6. The number of aliphatic carboxylic acids is 1. The zero-order valence-corrected chi connectivity index (χ0v) is 21.7. The van der Waals surface area contributed by atoms with Crippen LogP contribution >= 0.6 is 23.2 Å². The molecule has 0 unspecified atom stereocenters. The fraction of sp³-hybridized carbons (Fsp3) is 0.207.